The van der Waals surface area contributed by atoms with Crippen LogP contribution in [0.25, 0.3) is 11.1 Å². The molecule has 2 aromatic carbocycles. The first-order valence-corrected chi connectivity index (χ1v) is 9.43. The Morgan fingerprint density at radius 2 is 1.76 bits per heavy atom. The lowest BCUT2D eigenvalue weighted by atomic mass is 10.0. The zero-order valence-corrected chi connectivity index (χ0v) is 17.0. The van der Waals surface area contributed by atoms with Crippen molar-refractivity contribution in [1.29, 1.82) is 0 Å². The normalized spacial score (nSPS) is 12.3. The number of nitrogens with two attached hydrogens (primary N) is 1. The van der Waals surface area contributed by atoms with Gasteiger partial charge in [-0.05, 0) is 47.9 Å². The first-order valence-electron chi connectivity index (χ1n) is 9.43. The minimum atomic E-state index is -4.75. The van der Waals surface area contributed by atoms with E-state index in [0.29, 0.717) is 23.3 Å². The van der Waals surface area contributed by atoms with Gasteiger partial charge in [0.1, 0.15) is 5.75 Å². The fraction of sp³-hybridized carbons (Fsp3) is 0.182. The summed E-state index contributed by atoms with van der Waals surface area (Å²) >= 11 is 0. The lowest BCUT2D eigenvalue weighted by Gasteiger charge is -2.15. The van der Waals surface area contributed by atoms with Gasteiger partial charge in [0.2, 0.25) is 0 Å². The van der Waals surface area contributed by atoms with Crippen LogP contribution in [-0.4, -0.2) is 22.2 Å². The molecule has 0 aliphatic carbocycles. The van der Waals surface area contributed by atoms with Crippen molar-refractivity contribution in [2.45, 2.75) is 25.7 Å². The molecule has 0 aliphatic rings. The molecule has 1 unspecified atom stereocenters. The van der Waals surface area contributed by atoms with Crippen molar-refractivity contribution in [3.05, 3.63) is 71.3 Å². The first kappa shape index (κ1) is 23.9. The van der Waals surface area contributed by atoms with Crippen molar-refractivity contribution in [3.63, 3.8) is 0 Å². The number of carbonyl (C=O) groups is 1. The minimum absolute atomic E-state index is 0.105. The molecule has 0 amide bonds. The summed E-state index contributed by atoms with van der Waals surface area (Å²) in [6.45, 7) is 1.25. The number of rotatable bonds is 7. The molecule has 1 aromatic heterocycles. The highest BCUT2D eigenvalue weighted by Gasteiger charge is 2.32. The number of carboxylic acids is 1. The van der Waals surface area contributed by atoms with Crippen LogP contribution in [0.5, 0.6) is 17.5 Å². The summed E-state index contributed by atoms with van der Waals surface area (Å²) in [4.78, 5) is 14.4. The average Bonchev–Trinajstić information content (AvgIpc) is 2.76. The van der Waals surface area contributed by atoms with E-state index in [9.17, 15) is 26.7 Å². The number of hydrogen-bond acceptors (Lipinski definition) is 5. The third kappa shape index (κ3) is 5.75. The van der Waals surface area contributed by atoms with E-state index in [1.807, 2.05) is 0 Å². The number of aromatic nitrogens is 1. The molecule has 33 heavy (non-hydrogen) atoms. The second-order valence-corrected chi connectivity index (χ2v) is 6.91. The third-order valence-corrected chi connectivity index (χ3v) is 4.45. The summed E-state index contributed by atoms with van der Waals surface area (Å²) in [7, 11) is 0. The number of alkyl halides is 3. The summed E-state index contributed by atoms with van der Waals surface area (Å²) < 4.78 is 78.6. The monoisotopic (exact) mass is 468 g/mol. The van der Waals surface area contributed by atoms with Crippen LogP contribution in [0.1, 0.15) is 18.1 Å². The Balaban J connectivity index is 2.05. The van der Waals surface area contributed by atoms with Crippen LogP contribution in [0.3, 0.4) is 0 Å². The van der Waals surface area contributed by atoms with Crippen LogP contribution >= 0.6 is 0 Å². The van der Waals surface area contributed by atoms with E-state index in [1.54, 1.807) is 24.3 Å². The number of ether oxygens (including phenoxy) is 2. The van der Waals surface area contributed by atoms with Crippen LogP contribution in [0.15, 0.2) is 48.5 Å². The molecule has 1 heterocycles. The fourth-order valence-electron chi connectivity index (χ4n) is 2.78. The summed E-state index contributed by atoms with van der Waals surface area (Å²) in [5, 5.41) is 8.88. The van der Waals surface area contributed by atoms with Crippen molar-refractivity contribution in [1.82, 2.24) is 4.98 Å². The summed E-state index contributed by atoms with van der Waals surface area (Å²) in [6.07, 6.45) is -6.28. The molecule has 3 rings (SSSR count). The maximum absolute atomic E-state index is 14.2. The molecule has 1 atom stereocenters. The Hall–Kier alpha value is -3.73. The molecule has 3 aromatic rings. The number of nitrogens with zero attached hydrogens (tertiary/aromatic N) is 1. The van der Waals surface area contributed by atoms with Gasteiger partial charge in [-0.2, -0.15) is 18.2 Å². The van der Waals surface area contributed by atoms with Crippen molar-refractivity contribution in [2.75, 3.05) is 0 Å². The van der Waals surface area contributed by atoms with E-state index in [-0.39, 0.29) is 12.1 Å². The van der Waals surface area contributed by atoms with E-state index >= 15 is 0 Å². The Bertz CT molecular complexity index is 1180. The third-order valence-electron chi connectivity index (χ3n) is 4.45. The molecule has 0 radical (unpaired) electrons. The fourth-order valence-corrected chi connectivity index (χ4v) is 2.78. The highest BCUT2D eigenvalue weighted by molar-refractivity contribution is 5.72. The minimum Gasteiger partial charge on any atom is -0.479 e. The zero-order chi connectivity index (χ0) is 24.3. The number of benzene rings is 2. The van der Waals surface area contributed by atoms with Gasteiger partial charge in [0.05, 0.1) is 5.56 Å². The second kappa shape index (κ2) is 9.41. The van der Waals surface area contributed by atoms with Crippen LogP contribution in [0.2, 0.25) is 0 Å². The molecule has 11 heteroatoms. The Morgan fingerprint density at radius 1 is 1.06 bits per heavy atom. The van der Waals surface area contributed by atoms with E-state index in [1.165, 1.54) is 6.07 Å². The molecular weight excluding hydrogens is 451 g/mol. The number of halogens is 5. The number of aliphatic carboxylic acids is 1. The lowest BCUT2D eigenvalue weighted by molar-refractivity contribution is -0.144. The smallest absolute Gasteiger partial charge is 0.416 e. The van der Waals surface area contributed by atoms with Crippen LogP contribution in [0, 0.1) is 11.6 Å². The average molecular weight is 468 g/mol. The predicted molar refractivity (Wildman–Crippen MR) is 107 cm³/mol. The zero-order valence-electron chi connectivity index (χ0n) is 17.0. The van der Waals surface area contributed by atoms with Gasteiger partial charge >= 0.3 is 12.1 Å². The summed E-state index contributed by atoms with van der Waals surface area (Å²) in [5.41, 5.74) is 5.70. The largest absolute Gasteiger partial charge is 0.479 e. The van der Waals surface area contributed by atoms with Gasteiger partial charge in [-0.1, -0.05) is 18.2 Å². The van der Waals surface area contributed by atoms with Crippen LogP contribution in [-0.2, 0) is 17.5 Å². The standard InChI is InChI=1S/C22H17F5N2O4/c1-11(21(30)31)32-19-17(23)9-18(24)20(29-19)33-16-7-14(6-15(8-16)22(25,26)27)13-4-2-3-12(5-13)10-28/h2-9,11H,10,28H2,1H3,(H,30,31). The van der Waals surface area contributed by atoms with Crippen LogP contribution in [0.4, 0.5) is 22.0 Å². The molecule has 3 N–H and O–H groups in total. The molecular formula is C22H17F5N2O4. The van der Waals surface area contributed by atoms with Gasteiger partial charge < -0.3 is 20.3 Å². The topological polar surface area (TPSA) is 94.7 Å². The van der Waals surface area contributed by atoms with Gasteiger partial charge in [-0.15, -0.1) is 0 Å². The Kier molecular flexibility index (Phi) is 6.82. The molecule has 174 valence electrons. The van der Waals surface area contributed by atoms with Gasteiger partial charge in [0.15, 0.2) is 17.7 Å². The maximum atomic E-state index is 14.2. The number of hydrogen-bond donors (Lipinski definition) is 2. The quantitative estimate of drug-likeness (QED) is 0.466. The van der Waals surface area contributed by atoms with Gasteiger partial charge in [0, 0.05) is 12.6 Å². The second-order valence-electron chi connectivity index (χ2n) is 6.91. The summed E-state index contributed by atoms with van der Waals surface area (Å²) in [6, 6.07) is 9.53. The molecule has 0 aliphatic heterocycles. The van der Waals surface area contributed by atoms with E-state index in [4.69, 9.17) is 20.3 Å². The van der Waals surface area contributed by atoms with E-state index in [2.05, 4.69) is 4.98 Å². The lowest BCUT2D eigenvalue weighted by Crippen LogP contribution is -2.24. The predicted octanol–water partition coefficient (Wildman–Crippen LogP) is 5.15. The van der Waals surface area contributed by atoms with Crippen molar-refractivity contribution >= 4 is 5.97 Å². The van der Waals surface area contributed by atoms with E-state index < -0.39 is 53.0 Å². The van der Waals surface area contributed by atoms with Crippen LogP contribution < -0.4 is 15.2 Å². The Morgan fingerprint density at radius 3 is 2.39 bits per heavy atom. The van der Waals surface area contributed by atoms with Crippen molar-refractivity contribution in [3.8, 4) is 28.6 Å². The molecule has 0 fully saturated rings. The highest BCUT2D eigenvalue weighted by Crippen LogP contribution is 2.37. The van der Waals surface area contributed by atoms with Crippen molar-refractivity contribution < 1.29 is 41.3 Å². The molecule has 6 nitrogen and oxygen atoms in total. The number of pyridine rings is 1. The molecule has 0 bridgehead atoms. The van der Waals surface area contributed by atoms with Gasteiger partial charge in [-0.3, -0.25) is 0 Å². The SMILES string of the molecule is CC(Oc1nc(Oc2cc(-c3cccc(CN)c3)cc(C(F)(F)F)c2)c(F)cc1F)C(=O)O. The van der Waals surface area contributed by atoms with Crippen molar-refractivity contribution in [2.24, 2.45) is 5.73 Å². The first-order chi connectivity index (χ1) is 15.5. The number of carboxylic acid groups (broad SMARTS) is 1. The van der Waals surface area contributed by atoms with Gasteiger partial charge in [-0.25, -0.2) is 13.6 Å². The highest BCUT2D eigenvalue weighted by atomic mass is 19.4. The molecule has 0 saturated heterocycles. The molecule has 0 saturated carbocycles. The van der Waals surface area contributed by atoms with Gasteiger partial charge in [0.25, 0.3) is 11.8 Å². The van der Waals surface area contributed by atoms with E-state index in [0.717, 1.165) is 13.0 Å². The maximum Gasteiger partial charge on any atom is 0.416 e. The Labute approximate surface area is 184 Å². The molecule has 0 spiro atoms. The summed E-state index contributed by atoms with van der Waals surface area (Å²) in [5.74, 6) is -6.30.